The van der Waals surface area contributed by atoms with E-state index < -0.39 is 0 Å². The molecule has 0 amide bonds. The van der Waals surface area contributed by atoms with Crippen molar-refractivity contribution in [2.24, 2.45) is 5.73 Å². The Bertz CT molecular complexity index is 342. The molecule has 1 saturated heterocycles. The number of ether oxygens (including phenoxy) is 1. The minimum absolute atomic E-state index is 0.437. The monoisotopic (exact) mass is 262 g/mol. The lowest BCUT2D eigenvalue weighted by Gasteiger charge is -2.20. The van der Waals surface area contributed by atoms with Gasteiger partial charge >= 0.3 is 0 Å². The lowest BCUT2D eigenvalue weighted by atomic mass is 10.1. The molecule has 1 aliphatic rings. The van der Waals surface area contributed by atoms with Gasteiger partial charge in [0.05, 0.1) is 6.10 Å². The van der Waals surface area contributed by atoms with Crippen LogP contribution in [0.1, 0.15) is 31.2 Å². The van der Waals surface area contributed by atoms with E-state index in [-0.39, 0.29) is 0 Å². The zero-order valence-electron chi connectivity index (χ0n) is 11.8. The maximum atomic E-state index is 5.90. The highest BCUT2D eigenvalue weighted by atomic mass is 16.5. The molecular weight excluding hydrogens is 236 g/mol. The molecule has 1 unspecified atom stereocenters. The SMILES string of the molecule is NCCCOC1CCCN(Cc2ccccc2)CC1. The van der Waals surface area contributed by atoms with E-state index >= 15 is 0 Å². The van der Waals surface area contributed by atoms with Gasteiger partial charge in [-0.15, -0.1) is 0 Å². The van der Waals surface area contributed by atoms with Crippen LogP contribution in [-0.4, -0.2) is 37.2 Å². The lowest BCUT2D eigenvalue weighted by molar-refractivity contribution is 0.0428. The lowest BCUT2D eigenvalue weighted by Crippen LogP contribution is -2.25. The Morgan fingerprint density at radius 2 is 2.00 bits per heavy atom. The molecule has 1 heterocycles. The van der Waals surface area contributed by atoms with Gasteiger partial charge in [-0.1, -0.05) is 30.3 Å². The molecule has 1 aromatic rings. The predicted octanol–water partition coefficient (Wildman–Crippen LogP) is 2.41. The van der Waals surface area contributed by atoms with Gasteiger partial charge in [0.1, 0.15) is 0 Å². The highest BCUT2D eigenvalue weighted by Crippen LogP contribution is 2.16. The van der Waals surface area contributed by atoms with Gasteiger partial charge in [-0.3, -0.25) is 4.90 Å². The molecule has 1 aromatic carbocycles. The number of hydrogen-bond donors (Lipinski definition) is 1. The molecule has 2 rings (SSSR count). The molecule has 106 valence electrons. The van der Waals surface area contributed by atoms with Crippen LogP contribution in [0.5, 0.6) is 0 Å². The third-order valence-corrected chi connectivity index (χ3v) is 3.72. The average molecular weight is 262 g/mol. The van der Waals surface area contributed by atoms with Crippen molar-refractivity contribution in [1.29, 1.82) is 0 Å². The minimum Gasteiger partial charge on any atom is -0.378 e. The minimum atomic E-state index is 0.437. The van der Waals surface area contributed by atoms with Crippen LogP contribution >= 0.6 is 0 Å². The molecule has 0 saturated carbocycles. The topological polar surface area (TPSA) is 38.5 Å². The van der Waals surface area contributed by atoms with E-state index in [4.69, 9.17) is 10.5 Å². The van der Waals surface area contributed by atoms with Crippen LogP contribution in [0.25, 0.3) is 0 Å². The second kappa shape index (κ2) is 8.31. The first-order valence-corrected chi connectivity index (χ1v) is 7.46. The van der Waals surface area contributed by atoms with E-state index in [2.05, 4.69) is 35.2 Å². The molecular formula is C16H26N2O. The summed E-state index contributed by atoms with van der Waals surface area (Å²) >= 11 is 0. The Balaban J connectivity index is 1.74. The van der Waals surface area contributed by atoms with Crippen molar-refractivity contribution in [2.75, 3.05) is 26.2 Å². The van der Waals surface area contributed by atoms with Crippen LogP contribution in [-0.2, 0) is 11.3 Å². The first-order valence-electron chi connectivity index (χ1n) is 7.46. The van der Waals surface area contributed by atoms with Gasteiger partial charge < -0.3 is 10.5 Å². The van der Waals surface area contributed by atoms with Crippen molar-refractivity contribution in [1.82, 2.24) is 4.90 Å². The number of nitrogens with two attached hydrogens (primary N) is 1. The summed E-state index contributed by atoms with van der Waals surface area (Å²) in [5.74, 6) is 0. The summed E-state index contributed by atoms with van der Waals surface area (Å²) in [6.07, 6.45) is 4.99. The van der Waals surface area contributed by atoms with E-state index in [1.54, 1.807) is 0 Å². The molecule has 0 spiro atoms. The second-order valence-electron chi connectivity index (χ2n) is 5.33. The smallest absolute Gasteiger partial charge is 0.0587 e. The van der Waals surface area contributed by atoms with E-state index in [0.717, 1.165) is 39.1 Å². The fourth-order valence-electron chi connectivity index (χ4n) is 2.63. The third-order valence-electron chi connectivity index (χ3n) is 3.72. The van der Waals surface area contributed by atoms with Gasteiger partial charge in [-0.2, -0.15) is 0 Å². The molecule has 0 aliphatic carbocycles. The van der Waals surface area contributed by atoms with Crippen molar-refractivity contribution in [3.63, 3.8) is 0 Å². The quantitative estimate of drug-likeness (QED) is 0.800. The molecule has 0 aromatic heterocycles. The first kappa shape index (κ1) is 14.5. The molecule has 3 heteroatoms. The largest absolute Gasteiger partial charge is 0.378 e. The Morgan fingerprint density at radius 1 is 1.16 bits per heavy atom. The van der Waals surface area contributed by atoms with Crippen molar-refractivity contribution in [2.45, 2.75) is 38.3 Å². The van der Waals surface area contributed by atoms with E-state index in [0.29, 0.717) is 6.10 Å². The number of hydrogen-bond acceptors (Lipinski definition) is 3. The fraction of sp³-hybridized carbons (Fsp3) is 0.625. The number of benzene rings is 1. The summed E-state index contributed by atoms with van der Waals surface area (Å²) in [4.78, 5) is 2.54. The zero-order valence-corrected chi connectivity index (χ0v) is 11.8. The van der Waals surface area contributed by atoms with Crippen molar-refractivity contribution in [3.05, 3.63) is 35.9 Å². The molecule has 0 radical (unpaired) electrons. The first-order chi connectivity index (χ1) is 9.38. The Kier molecular flexibility index (Phi) is 6.34. The molecule has 1 aliphatic heterocycles. The van der Waals surface area contributed by atoms with Crippen LogP contribution < -0.4 is 5.73 Å². The third kappa shape index (κ3) is 5.31. The Labute approximate surface area is 116 Å². The number of rotatable bonds is 6. The van der Waals surface area contributed by atoms with Crippen molar-refractivity contribution < 1.29 is 4.74 Å². The fourth-order valence-corrected chi connectivity index (χ4v) is 2.63. The molecule has 1 fully saturated rings. The van der Waals surface area contributed by atoms with Gasteiger partial charge in [-0.05, 0) is 44.3 Å². The standard InChI is InChI=1S/C16H26N2O/c17-10-5-13-19-16-8-4-11-18(12-9-16)14-15-6-2-1-3-7-15/h1-3,6-7,16H,4-5,8-14,17H2. The average Bonchev–Trinajstić information content (AvgIpc) is 2.66. The van der Waals surface area contributed by atoms with E-state index in [1.165, 1.54) is 24.9 Å². The maximum absolute atomic E-state index is 5.90. The predicted molar refractivity (Wildman–Crippen MR) is 79.0 cm³/mol. The molecule has 0 bridgehead atoms. The molecule has 3 nitrogen and oxygen atoms in total. The van der Waals surface area contributed by atoms with Crippen molar-refractivity contribution in [3.8, 4) is 0 Å². The summed E-state index contributed by atoms with van der Waals surface area (Å²) in [5, 5.41) is 0. The normalized spacial score (nSPS) is 21.2. The van der Waals surface area contributed by atoms with E-state index in [9.17, 15) is 0 Å². The summed E-state index contributed by atoms with van der Waals surface area (Å²) in [7, 11) is 0. The summed E-state index contributed by atoms with van der Waals surface area (Å²) in [5.41, 5.74) is 6.90. The maximum Gasteiger partial charge on any atom is 0.0587 e. The van der Waals surface area contributed by atoms with Crippen molar-refractivity contribution >= 4 is 0 Å². The number of nitrogens with zero attached hydrogens (tertiary/aromatic N) is 1. The van der Waals surface area contributed by atoms with E-state index in [1.807, 2.05) is 0 Å². The van der Waals surface area contributed by atoms with Crippen LogP contribution in [0.2, 0.25) is 0 Å². The zero-order chi connectivity index (χ0) is 13.3. The van der Waals surface area contributed by atoms with Gasteiger partial charge in [0, 0.05) is 19.7 Å². The second-order valence-corrected chi connectivity index (χ2v) is 5.33. The summed E-state index contributed by atoms with van der Waals surface area (Å²) in [6.45, 7) is 4.94. The summed E-state index contributed by atoms with van der Waals surface area (Å²) in [6, 6.07) is 10.7. The Morgan fingerprint density at radius 3 is 2.79 bits per heavy atom. The van der Waals surface area contributed by atoms with Gasteiger partial charge in [-0.25, -0.2) is 0 Å². The van der Waals surface area contributed by atoms with Crippen LogP contribution in [0, 0.1) is 0 Å². The van der Waals surface area contributed by atoms with Gasteiger partial charge in [0.2, 0.25) is 0 Å². The van der Waals surface area contributed by atoms with Crippen LogP contribution in [0.4, 0.5) is 0 Å². The van der Waals surface area contributed by atoms with Crippen LogP contribution in [0.3, 0.4) is 0 Å². The number of likely N-dealkylation sites (tertiary alicyclic amines) is 1. The molecule has 1 atom stereocenters. The molecule has 2 N–H and O–H groups in total. The summed E-state index contributed by atoms with van der Waals surface area (Å²) < 4.78 is 5.90. The Hall–Kier alpha value is -0.900. The van der Waals surface area contributed by atoms with Gasteiger partial charge in [0.25, 0.3) is 0 Å². The highest BCUT2D eigenvalue weighted by Gasteiger charge is 2.17. The highest BCUT2D eigenvalue weighted by molar-refractivity contribution is 5.14. The van der Waals surface area contributed by atoms with Gasteiger partial charge in [0.15, 0.2) is 0 Å². The van der Waals surface area contributed by atoms with Crippen LogP contribution in [0.15, 0.2) is 30.3 Å². The molecule has 19 heavy (non-hydrogen) atoms.